The van der Waals surface area contributed by atoms with E-state index < -0.39 is 6.10 Å². The molecule has 9 heteroatoms. The third-order valence-corrected chi connectivity index (χ3v) is 5.62. The first kappa shape index (κ1) is 21.9. The lowest BCUT2D eigenvalue weighted by molar-refractivity contribution is 0.168. The van der Waals surface area contributed by atoms with Crippen molar-refractivity contribution in [1.82, 2.24) is 15.0 Å². The highest BCUT2D eigenvalue weighted by Crippen LogP contribution is 2.42. The number of rotatable bonds is 8. The summed E-state index contributed by atoms with van der Waals surface area (Å²) in [5.41, 5.74) is 1.73. The average Bonchev–Trinajstić information content (AvgIpc) is 3.45. The van der Waals surface area contributed by atoms with Crippen LogP contribution in [-0.4, -0.2) is 61.2 Å². The van der Waals surface area contributed by atoms with Crippen LogP contribution in [0.25, 0.3) is 11.4 Å². The molecule has 1 N–H and O–H groups in total. The molecule has 32 heavy (non-hydrogen) atoms. The molecule has 1 aliphatic heterocycles. The Hall–Kier alpha value is -3.30. The van der Waals surface area contributed by atoms with Gasteiger partial charge in [-0.15, -0.1) is 0 Å². The average molecular weight is 441 g/mol. The maximum atomic E-state index is 10.4. The number of aliphatic hydroxyl groups is 1. The lowest BCUT2D eigenvalue weighted by Crippen LogP contribution is -2.25. The molecule has 0 aliphatic carbocycles. The molecule has 4 rings (SSSR count). The lowest BCUT2D eigenvalue weighted by atomic mass is 10.1. The van der Waals surface area contributed by atoms with Crippen molar-refractivity contribution in [2.45, 2.75) is 25.1 Å². The Balaban J connectivity index is 1.59. The summed E-state index contributed by atoms with van der Waals surface area (Å²) in [4.78, 5) is 6.70. The molecule has 2 heterocycles. The van der Waals surface area contributed by atoms with Gasteiger partial charge in [-0.25, -0.2) is 0 Å². The summed E-state index contributed by atoms with van der Waals surface area (Å²) in [7, 11) is 6.37. The van der Waals surface area contributed by atoms with Crippen molar-refractivity contribution in [3.05, 3.63) is 47.9 Å². The number of aromatic nitrogens is 2. The number of β-amino-alcohol motifs (C(OH)–C–C–N with tert-alkyl or cyclic N) is 1. The Kier molecular flexibility index (Phi) is 6.48. The van der Waals surface area contributed by atoms with Crippen LogP contribution in [0.4, 0.5) is 0 Å². The third kappa shape index (κ3) is 4.21. The Morgan fingerprint density at radius 3 is 2.38 bits per heavy atom. The van der Waals surface area contributed by atoms with Gasteiger partial charge in [0.2, 0.25) is 17.5 Å². The van der Waals surface area contributed by atoms with E-state index in [-0.39, 0.29) is 6.04 Å². The number of hydrogen-bond acceptors (Lipinski definition) is 9. The Labute approximate surface area is 186 Å². The van der Waals surface area contributed by atoms with Crippen molar-refractivity contribution in [2.24, 2.45) is 0 Å². The molecular weight excluding hydrogens is 414 g/mol. The lowest BCUT2D eigenvalue weighted by Gasteiger charge is -2.23. The number of nitrogens with zero attached hydrogens (tertiary/aromatic N) is 3. The molecular formula is C23H27N3O6. The largest absolute Gasteiger partial charge is 0.497 e. The van der Waals surface area contributed by atoms with Crippen LogP contribution < -0.4 is 18.9 Å². The third-order valence-electron chi connectivity index (χ3n) is 5.62. The molecule has 2 atom stereocenters. The van der Waals surface area contributed by atoms with E-state index in [1.54, 1.807) is 28.4 Å². The quantitative estimate of drug-likeness (QED) is 0.565. The molecule has 1 aromatic heterocycles. The van der Waals surface area contributed by atoms with E-state index in [9.17, 15) is 5.11 Å². The molecule has 1 aliphatic rings. The topological polar surface area (TPSA) is 99.3 Å². The van der Waals surface area contributed by atoms with Crippen LogP contribution in [0.5, 0.6) is 23.0 Å². The van der Waals surface area contributed by atoms with E-state index >= 15 is 0 Å². The van der Waals surface area contributed by atoms with Crippen molar-refractivity contribution in [3.63, 3.8) is 0 Å². The zero-order valence-corrected chi connectivity index (χ0v) is 18.6. The minimum atomic E-state index is -0.498. The highest BCUT2D eigenvalue weighted by molar-refractivity contribution is 5.56. The molecule has 0 unspecified atom stereocenters. The summed E-state index contributed by atoms with van der Waals surface area (Å²) in [6.07, 6.45) is 0.00214. The second-order valence-electron chi connectivity index (χ2n) is 7.51. The SMILES string of the molecule is COc1ccc(-c2noc([C@@H]3C[C@@H](O)CN3Cc3ccc(OC)c(OC)c3OC)n2)cc1. The van der Waals surface area contributed by atoms with Crippen molar-refractivity contribution in [2.75, 3.05) is 35.0 Å². The molecule has 170 valence electrons. The highest BCUT2D eigenvalue weighted by atomic mass is 16.5. The number of hydrogen-bond donors (Lipinski definition) is 1. The molecule has 1 saturated heterocycles. The van der Waals surface area contributed by atoms with E-state index in [1.807, 2.05) is 36.4 Å². The number of likely N-dealkylation sites (tertiary alicyclic amines) is 1. The zero-order valence-electron chi connectivity index (χ0n) is 18.6. The van der Waals surface area contributed by atoms with Gasteiger partial charge in [-0.2, -0.15) is 4.98 Å². The molecule has 0 radical (unpaired) electrons. The first-order chi connectivity index (χ1) is 15.6. The van der Waals surface area contributed by atoms with E-state index in [0.717, 1.165) is 16.9 Å². The summed E-state index contributed by atoms with van der Waals surface area (Å²) in [6, 6.07) is 11.0. The minimum Gasteiger partial charge on any atom is -0.497 e. The predicted molar refractivity (Wildman–Crippen MR) is 116 cm³/mol. The first-order valence-electron chi connectivity index (χ1n) is 10.3. The van der Waals surface area contributed by atoms with Crippen molar-refractivity contribution >= 4 is 0 Å². The van der Waals surface area contributed by atoms with Gasteiger partial charge in [0.05, 0.1) is 40.6 Å². The van der Waals surface area contributed by atoms with Gasteiger partial charge in [0.25, 0.3) is 0 Å². The van der Waals surface area contributed by atoms with Crippen molar-refractivity contribution < 1.29 is 28.6 Å². The van der Waals surface area contributed by atoms with E-state index in [2.05, 4.69) is 15.0 Å². The van der Waals surface area contributed by atoms with Gasteiger partial charge < -0.3 is 28.6 Å². The van der Waals surface area contributed by atoms with Gasteiger partial charge in [0.1, 0.15) is 5.75 Å². The Bertz CT molecular complexity index is 1050. The van der Waals surface area contributed by atoms with Gasteiger partial charge in [0.15, 0.2) is 11.5 Å². The minimum absolute atomic E-state index is 0.220. The van der Waals surface area contributed by atoms with E-state index in [4.69, 9.17) is 23.5 Å². The molecule has 0 amide bonds. The van der Waals surface area contributed by atoms with Crippen LogP contribution in [0.2, 0.25) is 0 Å². The molecule has 3 aromatic rings. The monoisotopic (exact) mass is 441 g/mol. The van der Waals surface area contributed by atoms with Crippen molar-refractivity contribution in [1.29, 1.82) is 0 Å². The first-order valence-corrected chi connectivity index (χ1v) is 10.3. The number of methoxy groups -OCH3 is 4. The molecule has 0 spiro atoms. The standard InChI is InChI=1S/C23H27N3O6/c1-28-17-8-5-14(6-9-17)22-24-23(32-25-22)18-11-16(27)13-26(18)12-15-7-10-19(29-2)21(31-4)20(15)30-3/h5-10,16,18,27H,11-13H2,1-4H3/t16-,18+/m1/s1. The van der Waals surface area contributed by atoms with Gasteiger partial charge in [-0.3, -0.25) is 4.90 Å². The second-order valence-corrected chi connectivity index (χ2v) is 7.51. The van der Waals surface area contributed by atoms with Crippen LogP contribution in [-0.2, 0) is 6.54 Å². The van der Waals surface area contributed by atoms with Gasteiger partial charge >= 0.3 is 0 Å². The smallest absolute Gasteiger partial charge is 0.244 e. The zero-order chi connectivity index (χ0) is 22.7. The molecule has 2 aromatic carbocycles. The predicted octanol–water partition coefficient (Wildman–Crippen LogP) is 3.08. The summed E-state index contributed by atoms with van der Waals surface area (Å²) >= 11 is 0. The number of aliphatic hydroxyl groups excluding tert-OH is 1. The maximum Gasteiger partial charge on any atom is 0.244 e. The van der Waals surface area contributed by atoms with Gasteiger partial charge in [-0.05, 0) is 36.8 Å². The summed E-state index contributed by atoms with van der Waals surface area (Å²) in [6.45, 7) is 0.980. The van der Waals surface area contributed by atoms with Crippen molar-refractivity contribution in [3.8, 4) is 34.4 Å². The fraction of sp³-hybridized carbons (Fsp3) is 0.391. The fourth-order valence-electron chi connectivity index (χ4n) is 4.05. The van der Waals surface area contributed by atoms with Crippen LogP contribution in [0.1, 0.15) is 23.9 Å². The molecule has 9 nitrogen and oxygen atoms in total. The maximum absolute atomic E-state index is 10.4. The second kappa shape index (κ2) is 9.46. The van der Waals surface area contributed by atoms with Crippen LogP contribution >= 0.6 is 0 Å². The summed E-state index contributed by atoms with van der Waals surface area (Å²) in [5, 5.41) is 14.5. The van der Waals surface area contributed by atoms with Gasteiger partial charge in [-0.1, -0.05) is 11.2 Å². The summed E-state index contributed by atoms with van der Waals surface area (Å²) < 4.78 is 27.3. The van der Waals surface area contributed by atoms with Crippen LogP contribution in [0.15, 0.2) is 40.9 Å². The fourth-order valence-corrected chi connectivity index (χ4v) is 4.05. The molecule has 1 fully saturated rings. The van der Waals surface area contributed by atoms with E-state index in [1.165, 1.54) is 0 Å². The van der Waals surface area contributed by atoms with Crippen LogP contribution in [0, 0.1) is 0 Å². The number of benzene rings is 2. The molecule has 0 bridgehead atoms. The Morgan fingerprint density at radius 1 is 0.969 bits per heavy atom. The Morgan fingerprint density at radius 2 is 1.72 bits per heavy atom. The normalized spacial score (nSPS) is 18.5. The number of ether oxygens (including phenoxy) is 4. The van der Waals surface area contributed by atoms with Crippen LogP contribution in [0.3, 0.4) is 0 Å². The highest BCUT2D eigenvalue weighted by Gasteiger charge is 2.36. The molecule has 0 saturated carbocycles. The van der Waals surface area contributed by atoms with E-state index in [0.29, 0.717) is 48.5 Å². The summed E-state index contributed by atoms with van der Waals surface area (Å²) in [5.74, 6) is 3.43. The van der Waals surface area contributed by atoms with Gasteiger partial charge in [0, 0.05) is 24.2 Å².